The number of hydrogen-bond donors (Lipinski definition) is 0. The molecule has 1 aromatic heterocycles. The summed E-state index contributed by atoms with van der Waals surface area (Å²) in [5.41, 5.74) is 3.32. The molecule has 5 nitrogen and oxygen atoms in total. The van der Waals surface area contributed by atoms with Gasteiger partial charge in [0.25, 0.3) is 5.91 Å². The zero-order valence-corrected chi connectivity index (χ0v) is 18.8. The maximum Gasteiger partial charge on any atom is 0.295 e. The van der Waals surface area contributed by atoms with Crippen LogP contribution in [-0.4, -0.2) is 12.5 Å². The van der Waals surface area contributed by atoms with Gasteiger partial charge in [-0.3, -0.25) is 14.5 Å². The third kappa shape index (κ3) is 3.48. The quantitative estimate of drug-likeness (QED) is 0.354. The van der Waals surface area contributed by atoms with Gasteiger partial charge in [-0.15, -0.1) is 0 Å². The first-order chi connectivity index (χ1) is 16.4. The normalized spacial score (nSPS) is 15.0. The third-order valence-corrected chi connectivity index (χ3v) is 6.14. The van der Waals surface area contributed by atoms with E-state index in [1.807, 2.05) is 38.1 Å². The molecule has 0 saturated heterocycles. The van der Waals surface area contributed by atoms with Gasteiger partial charge in [-0.25, -0.2) is 4.39 Å². The number of amides is 1. The average Bonchev–Trinajstić information content (AvgIpc) is 3.13. The molecule has 4 aromatic rings. The SMILES string of the molecule is C=CCOc1cccc(C2c3c(oc4ccc(F)cc4c3=O)C(=O)N2c2ccc(C)c(C)c2)c1. The first kappa shape index (κ1) is 21.6. The Hall–Kier alpha value is -4.19. The zero-order chi connectivity index (χ0) is 24.0. The molecule has 0 aliphatic carbocycles. The fourth-order valence-electron chi connectivity index (χ4n) is 4.33. The second-order valence-corrected chi connectivity index (χ2v) is 8.33. The highest BCUT2D eigenvalue weighted by molar-refractivity contribution is 6.10. The van der Waals surface area contributed by atoms with Crippen molar-refractivity contribution in [3.05, 3.63) is 117 Å². The second-order valence-electron chi connectivity index (χ2n) is 8.33. The highest BCUT2D eigenvalue weighted by atomic mass is 19.1. The number of benzene rings is 3. The number of hydrogen-bond acceptors (Lipinski definition) is 4. The monoisotopic (exact) mass is 455 g/mol. The molecule has 0 fully saturated rings. The lowest BCUT2D eigenvalue weighted by atomic mass is 9.97. The van der Waals surface area contributed by atoms with Crippen molar-refractivity contribution in [1.29, 1.82) is 0 Å². The van der Waals surface area contributed by atoms with Gasteiger partial charge < -0.3 is 9.15 Å². The number of carbonyl (C=O) groups is 1. The van der Waals surface area contributed by atoms with Crippen LogP contribution in [-0.2, 0) is 0 Å². The molecule has 1 amide bonds. The molecule has 0 saturated carbocycles. The number of halogens is 1. The number of rotatable bonds is 5. The number of nitrogens with zero attached hydrogens (tertiary/aromatic N) is 1. The predicted molar refractivity (Wildman–Crippen MR) is 129 cm³/mol. The van der Waals surface area contributed by atoms with Gasteiger partial charge in [-0.1, -0.05) is 30.9 Å². The average molecular weight is 455 g/mol. The molecule has 0 radical (unpaired) electrons. The van der Waals surface area contributed by atoms with E-state index in [9.17, 15) is 14.0 Å². The molecule has 170 valence electrons. The standard InChI is InChI=1S/C28H22FNO4/c1-4-12-33-21-7-5-6-18(14-21)25-24-26(31)22-15-19(29)9-11-23(22)34-27(24)28(32)30(25)20-10-8-16(2)17(3)13-20/h4-11,13-15,25H,1,12H2,2-3H3. The number of anilines is 1. The summed E-state index contributed by atoms with van der Waals surface area (Å²) in [5, 5.41) is 0.0950. The van der Waals surface area contributed by atoms with Crippen LogP contribution < -0.4 is 15.1 Å². The van der Waals surface area contributed by atoms with Crippen LogP contribution in [0.1, 0.15) is 38.9 Å². The van der Waals surface area contributed by atoms with Crippen molar-refractivity contribution in [1.82, 2.24) is 0 Å². The molecule has 6 heteroatoms. The minimum Gasteiger partial charge on any atom is -0.490 e. The molecule has 0 N–H and O–H groups in total. The lowest BCUT2D eigenvalue weighted by Crippen LogP contribution is -2.29. The topological polar surface area (TPSA) is 59.8 Å². The Balaban J connectivity index is 1.77. The van der Waals surface area contributed by atoms with E-state index < -0.39 is 23.2 Å². The number of aryl methyl sites for hydroxylation is 2. The van der Waals surface area contributed by atoms with E-state index in [-0.39, 0.29) is 22.3 Å². The van der Waals surface area contributed by atoms with Gasteiger partial charge in [-0.2, -0.15) is 0 Å². The smallest absolute Gasteiger partial charge is 0.295 e. The number of carbonyl (C=O) groups excluding carboxylic acids is 1. The van der Waals surface area contributed by atoms with E-state index in [0.717, 1.165) is 17.2 Å². The van der Waals surface area contributed by atoms with Crippen molar-refractivity contribution in [3.8, 4) is 5.75 Å². The van der Waals surface area contributed by atoms with Crippen molar-refractivity contribution >= 4 is 22.6 Å². The van der Waals surface area contributed by atoms with Gasteiger partial charge in [0.2, 0.25) is 5.76 Å². The lowest BCUT2D eigenvalue weighted by Gasteiger charge is -2.26. The summed E-state index contributed by atoms with van der Waals surface area (Å²) >= 11 is 0. The molecule has 34 heavy (non-hydrogen) atoms. The van der Waals surface area contributed by atoms with Crippen LogP contribution in [0.4, 0.5) is 10.1 Å². The van der Waals surface area contributed by atoms with Crippen molar-refractivity contribution in [2.75, 3.05) is 11.5 Å². The van der Waals surface area contributed by atoms with E-state index in [4.69, 9.17) is 9.15 Å². The van der Waals surface area contributed by atoms with Gasteiger partial charge in [-0.05, 0) is 73.0 Å². The highest BCUT2D eigenvalue weighted by Crippen LogP contribution is 2.42. The maximum atomic E-state index is 14.0. The van der Waals surface area contributed by atoms with Crippen molar-refractivity contribution < 1.29 is 18.3 Å². The van der Waals surface area contributed by atoms with Crippen LogP contribution in [0.15, 0.2) is 82.5 Å². The highest BCUT2D eigenvalue weighted by Gasteiger charge is 2.43. The zero-order valence-electron chi connectivity index (χ0n) is 18.8. The Morgan fingerprint density at radius 2 is 1.88 bits per heavy atom. The molecular weight excluding hydrogens is 433 g/mol. The summed E-state index contributed by atoms with van der Waals surface area (Å²) in [6.45, 7) is 7.94. The van der Waals surface area contributed by atoms with Gasteiger partial charge in [0.15, 0.2) is 5.43 Å². The molecule has 5 rings (SSSR count). The lowest BCUT2D eigenvalue weighted by molar-refractivity contribution is 0.0971. The molecule has 1 aliphatic heterocycles. The first-order valence-electron chi connectivity index (χ1n) is 10.9. The van der Waals surface area contributed by atoms with Crippen LogP contribution in [0.3, 0.4) is 0 Å². The van der Waals surface area contributed by atoms with Gasteiger partial charge >= 0.3 is 0 Å². The molecule has 0 bridgehead atoms. The van der Waals surface area contributed by atoms with E-state index in [1.54, 1.807) is 29.2 Å². The minimum absolute atomic E-state index is 0.0373. The van der Waals surface area contributed by atoms with Gasteiger partial charge in [0, 0.05) is 5.69 Å². The minimum atomic E-state index is -0.763. The summed E-state index contributed by atoms with van der Waals surface area (Å²) in [6.07, 6.45) is 1.64. The molecule has 1 unspecified atom stereocenters. The summed E-state index contributed by atoms with van der Waals surface area (Å²) in [7, 11) is 0. The van der Waals surface area contributed by atoms with Crippen molar-refractivity contribution in [2.24, 2.45) is 0 Å². The Kier molecular flexibility index (Phi) is 5.28. The summed E-state index contributed by atoms with van der Waals surface area (Å²) in [4.78, 5) is 28.8. The number of fused-ring (bicyclic) bond motifs is 2. The molecule has 1 aliphatic rings. The van der Waals surface area contributed by atoms with E-state index >= 15 is 0 Å². The molecular formula is C28H22FNO4. The van der Waals surface area contributed by atoms with Crippen LogP contribution >= 0.6 is 0 Å². The fourth-order valence-corrected chi connectivity index (χ4v) is 4.33. The van der Waals surface area contributed by atoms with Crippen molar-refractivity contribution in [3.63, 3.8) is 0 Å². The molecule has 0 spiro atoms. The van der Waals surface area contributed by atoms with Crippen molar-refractivity contribution in [2.45, 2.75) is 19.9 Å². The largest absolute Gasteiger partial charge is 0.490 e. The Labute approximate surface area is 195 Å². The Bertz CT molecular complexity index is 1520. The summed E-state index contributed by atoms with van der Waals surface area (Å²) in [6, 6.07) is 15.9. The fraction of sp³-hybridized carbons (Fsp3) is 0.143. The second kappa shape index (κ2) is 8.30. The number of ether oxygens (including phenoxy) is 1. The third-order valence-electron chi connectivity index (χ3n) is 6.14. The van der Waals surface area contributed by atoms with Crippen LogP contribution in [0.25, 0.3) is 11.0 Å². The van der Waals surface area contributed by atoms with Crippen LogP contribution in [0.2, 0.25) is 0 Å². The van der Waals surface area contributed by atoms with Crippen LogP contribution in [0.5, 0.6) is 5.75 Å². The summed E-state index contributed by atoms with van der Waals surface area (Å²) < 4.78 is 25.6. The van der Waals surface area contributed by atoms with E-state index in [2.05, 4.69) is 6.58 Å². The predicted octanol–water partition coefficient (Wildman–Crippen LogP) is 5.86. The van der Waals surface area contributed by atoms with Gasteiger partial charge in [0.05, 0.1) is 17.0 Å². The molecule has 1 atom stereocenters. The summed E-state index contributed by atoms with van der Waals surface area (Å²) in [5.74, 6) is -0.435. The Morgan fingerprint density at radius 3 is 2.65 bits per heavy atom. The maximum absolute atomic E-state index is 14.0. The van der Waals surface area contributed by atoms with E-state index in [0.29, 0.717) is 23.6 Å². The van der Waals surface area contributed by atoms with E-state index in [1.165, 1.54) is 12.1 Å². The molecule has 3 aromatic carbocycles. The Morgan fingerprint density at radius 1 is 1.06 bits per heavy atom. The van der Waals surface area contributed by atoms with Gasteiger partial charge in [0.1, 0.15) is 23.8 Å². The first-order valence-corrected chi connectivity index (χ1v) is 10.9. The van der Waals surface area contributed by atoms with Crippen LogP contribution in [0, 0.1) is 19.7 Å². The molecule has 2 heterocycles.